The molecule has 0 saturated heterocycles. The number of rotatable bonds is 1. The quantitative estimate of drug-likeness (QED) is 0.863. The summed E-state index contributed by atoms with van der Waals surface area (Å²) in [6.07, 6.45) is 0.700. The molecule has 0 aliphatic carbocycles. The van der Waals surface area contributed by atoms with E-state index in [1.807, 2.05) is 24.3 Å². The zero-order valence-corrected chi connectivity index (χ0v) is 9.19. The Morgan fingerprint density at radius 1 is 1.40 bits per heavy atom. The molecule has 2 N–H and O–H groups in total. The van der Waals surface area contributed by atoms with Crippen LogP contribution in [-0.4, -0.2) is 11.1 Å². The average molecular weight is 267 g/mol. The molecule has 1 aromatic carbocycles. The van der Waals surface area contributed by atoms with Gasteiger partial charge in [0.1, 0.15) is 0 Å². The van der Waals surface area contributed by atoms with E-state index in [9.17, 15) is 4.79 Å². The van der Waals surface area contributed by atoms with Gasteiger partial charge in [0.25, 0.3) is 0 Å². The predicted octanol–water partition coefficient (Wildman–Crippen LogP) is 2.45. The fourth-order valence-electron chi connectivity index (χ4n) is 1.30. The monoisotopic (exact) mass is 266 g/mol. The molecule has 1 aromatic heterocycles. The third-order valence-electron chi connectivity index (χ3n) is 1.89. The van der Waals surface area contributed by atoms with Crippen LogP contribution in [0.15, 0.2) is 34.9 Å². The Labute approximate surface area is 94.2 Å². The van der Waals surface area contributed by atoms with Crippen LogP contribution in [0.3, 0.4) is 0 Å². The largest absolute Gasteiger partial charge is 0.411 e. The van der Waals surface area contributed by atoms with Crippen LogP contribution in [0.5, 0.6) is 5.88 Å². The minimum Gasteiger partial charge on any atom is -0.391 e. The summed E-state index contributed by atoms with van der Waals surface area (Å²) in [5.74, 6) is 0.229. The van der Waals surface area contributed by atoms with Crippen LogP contribution in [0.4, 0.5) is 4.79 Å². The second-order valence-electron chi connectivity index (χ2n) is 2.90. The molecule has 1 heterocycles. The first kappa shape index (κ1) is 9.92. The molecule has 15 heavy (non-hydrogen) atoms. The van der Waals surface area contributed by atoms with Crippen LogP contribution < -0.4 is 10.5 Å². The number of nitrogens with two attached hydrogens (primary N) is 1. The second-order valence-corrected chi connectivity index (χ2v) is 3.82. The number of ether oxygens (including phenoxy) is 1. The Hall–Kier alpha value is -1.62. The highest BCUT2D eigenvalue weighted by molar-refractivity contribution is 9.10. The summed E-state index contributed by atoms with van der Waals surface area (Å²) in [4.78, 5) is 14.6. The van der Waals surface area contributed by atoms with Crippen LogP contribution in [0.1, 0.15) is 0 Å². The molecule has 1 amide bonds. The number of benzene rings is 1. The molecule has 0 bridgehead atoms. The van der Waals surface area contributed by atoms with Crippen molar-refractivity contribution in [1.82, 2.24) is 4.98 Å². The molecule has 4 nitrogen and oxygen atoms in total. The van der Waals surface area contributed by atoms with Crippen molar-refractivity contribution in [3.63, 3.8) is 0 Å². The maximum Gasteiger partial charge on any atom is 0.411 e. The van der Waals surface area contributed by atoms with Gasteiger partial charge in [-0.1, -0.05) is 15.9 Å². The summed E-state index contributed by atoms with van der Waals surface area (Å²) >= 11 is 3.35. The summed E-state index contributed by atoms with van der Waals surface area (Å²) in [6, 6.07) is 7.39. The van der Waals surface area contributed by atoms with Gasteiger partial charge in [0, 0.05) is 16.1 Å². The van der Waals surface area contributed by atoms with Crippen LogP contribution in [0.25, 0.3) is 10.8 Å². The summed E-state index contributed by atoms with van der Waals surface area (Å²) in [5.41, 5.74) is 4.93. The highest BCUT2D eigenvalue weighted by Crippen LogP contribution is 2.25. The van der Waals surface area contributed by atoms with Gasteiger partial charge in [-0.05, 0) is 29.7 Å². The van der Waals surface area contributed by atoms with Gasteiger partial charge in [-0.3, -0.25) is 0 Å². The van der Waals surface area contributed by atoms with Crippen LogP contribution in [-0.2, 0) is 0 Å². The molecule has 0 aliphatic heterocycles. The highest BCUT2D eigenvalue weighted by atomic mass is 79.9. The van der Waals surface area contributed by atoms with Gasteiger partial charge < -0.3 is 10.5 Å². The number of aromatic nitrogens is 1. The lowest BCUT2D eigenvalue weighted by Crippen LogP contribution is -2.17. The van der Waals surface area contributed by atoms with Gasteiger partial charge in [-0.2, -0.15) is 0 Å². The van der Waals surface area contributed by atoms with Crippen molar-refractivity contribution in [2.75, 3.05) is 0 Å². The average Bonchev–Trinajstić information content (AvgIpc) is 2.16. The summed E-state index contributed by atoms with van der Waals surface area (Å²) in [6.45, 7) is 0. The van der Waals surface area contributed by atoms with E-state index in [2.05, 4.69) is 20.9 Å². The van der Waals surface area contributed by atoms with Gasteiger partial charge in [-0.15, -0.1) is 0 Å². The minimum absolute atomic E-state index is 0.229. The molecule has 0 fully saturated rings. The van der Waals surface area contributed by atoms with E-state index in [4.69, 9.17) is 10.5 Å². The van der Waals surface area contributed by atoms with Crippen molar-refractivity contribution in [3.8, 4) is 5.88 Å². The van der Waals surface area contributed by atoms with E-state index in [1.165, 1.54) is 0 Å². The van der Waals surface area contributed by atoms with Gasteiger partial charge in [0.15, 0.2) is 0 Å². The molecule has 0 spiro atoms. The van der Waals surface area contributed by atoms with Crippen molar-refractivity contribution in [2.24, 2.45) is 5.73 Å². The molecular weight excluding hydrogens is 260 g/mol. The van der Waals surface area contributed by atoms with E-state index >= 15 is 0 Å². The molecular formula is C10H7BrN2O2. The van der Waals surface area contributed by atoms with Crippen LogP contribution in [0, 0.1) is 0 Å². The Kier molecular flexibility index (Phi) is 2.55. The lowest BCUT2D eigenvalue weighted by molar-refractivity contribution is 0.209. The van der Waals surface area contributed by atoms with E-state index in [-0.39, 0.29) is 5.88 Å². The number of fused-ring (bicyclic) bond motifs is 1. The summed E-state index contributed by atoms with van der Waals surface area (Å²) in [5, 5.41) is 1.68. The molecule has 0 atom stereocenters. The molecule has 0 saturated carbocycles. The number of amides is 1. The predicted molar refractivity (Wildman–Crippen MR) is 59.7 cm³/mol. The Bertz CT molecular complexity index is 528. The zero-order valence-electron chi connectivity index (χ0n) is 7.61. The summed E-state index contributed by atoms with van der Waals surface area (Å²) < 4.78 is 5.73. The third-order valence-corrected chi connectivity index (χ3v) is 2.38. The lowest BCUT2D eigenvalue weighted by atomic mass is 10.2. The van der Waals surface area contributed by atoms with E-state index < -0.39 is 6.09 Å². The van der Waals surface area contributed by atoms with Gasteiger partial charge in [-0.25, -0.2) is 9.78 Å². The number of carbonyl (C=O) groups is 1. The fraction of sp³-hybridized carbons (Fsp3) is 0. The fourth-order valence-corrected chi connectivity index (χ4v) is 1.68. The number of primary amides is 1. The number of carbonyl (C=O) groups excluding carboxylic acids is 1. The topological polar surface area (TPSA) is 65.2 Å². The number of hydrogen-bond acceptors (Lipinski definition) is 3. The van der Waals surface area contributed by atoms with Gasteiger partial charge in [0.2, 0.25) is 5.88 Å². The van der Waals surface area contributed by atoms with Crippen molar-refractivity contribution < 1.29 is 9.53 Å². The second kappa shape index (κ2) is 3.86. The number of hydrogen-bond donors (Lipinski definition) is 1. The zero-order chi connectivity index (χ0) is 10.8. The molecule has 0 radical (unpaired) electrons. The van der Waals surface area contributed by atoms with E-state index in [1.54, 1.807) is 6.20 Å². The first-order valence-electron chi connectivity index (χ1n) is 4.18. The normalized spacial score (nSPS) is 10.2. The Morgan fingerprint density at radius 2 is 2.20 bits per heavy atom. The SMILES string of the molecule is NC(=O)Oc1nccc2cc(Br)ccc12. The molecule has 2 rings (SSSR count). The standard InChI is InChI=1S/C10H7BrN2O2/c11-7-1-2-8-6(5-7)3-4-13-9(8)15-10(12)14/h1-5H,(H2,12,14). The summed E-state index contributed by atoms with van der Waals surface area (Å²) in [7, 11) is 0. The van der Waals surface area contributed by atoms with Crippen LogP contribution in [0.2, 0.25) is 0 Å². The third kappa shape index (κ3) is 2.07. The smallest absolute Gasteiger partial charge is 0.391 e. The van der Waals surface area contributed by atoms with Gasteiger partial charge in [0.05, 0.1) is 0 Å². The maximum atomic E-state index is 10.6. The van der Waals surface area contributed by atoms with Gasteiger partial charge >= 0.3 is 6.09 Å². The molecule has 5 heteroatoms. The minimum atomic E-state index is -0.863. The van der Waals surface area contributed by atoms with Crippen molar-refractivity contribution in [3.05, 3.63) is 34.9 Å². The van der Waals surface area contributed by atoms with Crippen molar-refractivity contribution >= 4 is 32.8 Å². The molecule has 0 unspecified atom stereocenters. The van der Waals surface area contributed by atoms with Crippen molar-refractivity contribution in [2.45, 2.75) is 0 Å². The number of pyridine rings is 1. The van der Waals surface area contributed by atoms with Crippen LogP contribution >= 0.6 is 15.9 Å². The van der Waals surface area contributed by atoms with E-state index in [0.29, 0.717) is 0 Å². The number of nitrogens with zero attached hydrogens (tertiary/aromatic N) is 1. The highest BCUT2D eigenvalue weighted by Gasteiger charge is 2.06. The van der Waals surface area contributed by atoms with Crippen molar-refractivity contribution in [1.29, 1.82) is 0 Å². The molecule has 0 aliphatic rings. The molecule has 2 aromatic rings. The Balaban J connectivity index is 2.60. The first-order valence-corrected chi connectivity index (χ1v) is 4.97. The maximum absolute atomic E-state index is 10.6. The van der Waals surface area contributed by atoms with E-state index in [0.717, 1.165) is 15.2 Å². The first-order chi connectivity index (χ1) is 7.16. The lowest BCUT2D eigenvalue weighted by Gasteiger charge is -2.04. The molecule has 76 valence electrons. The number of halogens is 1. The Morgan fingerprint density at radius 3 is 2.93 bits per heavy atom.